The van der Waals surface area contributed by atoms with E-state index in [4.69, 9.17) is 5.26 Å². The summed E-state index contributed by atoms with van der Waals surface area (Å²) in [5.74, 6) is 0.00373. The molecule has 0 aromatic rings. The maximum Gasteiger partial charge on any atom is 0.225 e. The van der Waals surface area contributed by atoms with Gasteiger partial charge in [-0.25, -0.2) is 12.7 Å². The van der Waals surface area contributed by atoms with Crippen molar-refractivity contribution in [1.82, 2.24) is 9.21 Å². The Morgan fingerprint density at radius 3 is 2.47 bits per heavy atom. The van der Waals surface area contributed by atoms with Crippen molar-refractivity contribution in [3.63, 3.8) is 0 Å². The van der Waals surface area contributed by atoms with E-state index in [0.717, 1.165) is 0 Å². The van der Waals surface area contributed by atoms with Crippen molar-refractivity contribution in [2.24, 2.45) is 5.92 Å². The van der Waals surface area contributed by atoms with Crippen LogP contribution in [0.5, 0.6) is 0 Å². The van der Waals surface area contributed by atoms with E-state index >= 15 is 0 Å². The van der Waals surface area contributed by atoms with Gasteiger partial charge in [-0.05, 0) is 19.8 Å². The monoisotopic (exact) mass is 287 g/mol. The molecule has 1 aliphatic heterocycles. The van der Waals surface area contributed by atoms with Crippen LogP contribution < -0.4 is 0 Å². The minimum atomic E-state index is -3.14. The highest BCUT2D eigenvalue weighted by molar-refractivity contribution is 7.89. The van der Waals surface area contributed by atoms with Crippen LogP contribution in [0.25, 0.3) is 0 Å². The van der Waals surface area contributed by atoms with E-state index in [1.807, 2.05) is 6.07 Å². The molecule has 0 atom stereocenters. The van der Waals surface area contributed by atoms with Crippen LogP contribution in [0.1, 0.15) is 26.2 Å². The smallest absolute Gasteiger partial charge is 0.225 e. The number of rotatable bonds is 5. The van der Waals surface area contributed by atoms with Gasteiger partial charge in [0.15, 0.2) is 0 Å². The van der Waals surface area contributed by atoms with E-state index in [1.54, 1.807) is 18.9 Å². The zero-order valence-corrected chi connectivity index (χ0v) is 12.3. The van der Waals surface area contributed by atoms with Crippen molar-refractivity contribution in [2.45, 2.75) is 26.2 Å². The van der Waals surface area contributed by atoms with Gasteiger partial charge in [-0.15, -0.1) is 0 Å². The molecule has 7 heteroatoms. The number of hydrogen-bond acceptors (Lipinski definition) is 4. The first-order valence-electron chi connectivity index (χ1n) is 6.52. The lowest BCUT2D eigenvalue weighted by Crippen LogP contribution is -2.44. The Kier molecular flexibility index (Phi) is 5.76. The highest BCUT2D eigenvalue weighted by atomic mass is 32.2. The first-order valence-corrected chi connectivity index (χ1v) is 8.13. The van der Waals surface area contributed by atoms with Crippen LogP contribution in [0.4, 0.5) is 0 Å². The molecule has 0 saturated carbocycles. The average molecular weight is 287 g/mol. The second-order valence-electron chi connectivity index (χ2n) is 4.74. The van der Waals surface area contributed by atoms with E-state index in [0.29, 0.717) is 38.9 Å². The van der Waals surface area contributed by atoms with Gasteiger partial charge in [0.05, 0.1) is 18.2 Å². The molecule has 0 spiro atoms. The molecule has 0 aromatic heterocycles. The average Bonchev–Trinajstić information content (AvgIpc) is 2.44. The third kappa shape index (κ3) is 4.18. The highest BCUT2D eigenvalue weighted by Gasteiger charge is 2.31. The number of sulfonamides is 1. The van der Waals surface area contributed by atoms with Gasteiger partial charge in [-0.1, -0.05) is 0 Å². The lowest BCUT2D eigenvalue weighted by atomic mass is 9.96. The van der Waals surface area contributed by atoms with Crippen LogP contribution in [-0.2, 0) is 14.8 Å². The summed E-state index contributed by atoms with van der Waals surface area (Å²) in [5.41, 5.74) is 0. The molecule has 19 heavy (non-hydrogen) atoms. The van der Waals surface area contributed by atoms with Crippen molar-refractivity contribution in [1.29, 1.82) is 5.26 Å². The SMILES string of the molecule is CCS(=O)(=O)N1CCC(C(=O)N(C)CCC#N)CC1. The van der Waals surface area contributed by atoms with Crippen LogP contribution in [-0.4, -0.2) is 56.0 Å². The largest absolute Gasteiger partial charge is 0.344 e. The quantitative estimate of drug-likeness (QED) is 0.734. The zero-order chi connectivity index (χ0) is 14.5. The van der Waals surface area contributed by atoms with Crippen LogP contribution in [0, 0.1) is 17.2 Å². The Morgan fingerprint density at radius 2 is 2.00 bits per heavy atom. The number of carbonyl (C=O) groups is 1. The molecule has 0 unspecified atom stereocenters. The molecule has 0 radical (unpaired) electrons. The Hall–Kier alpha value is -1.13. The van der Waals surface area contributed by atoms with E-state index in [1.165, 1.54) is 4.31 Å². The Morgan fingerprint density at radius 1 is 1.42 bits per heavy atom. The topological polar surface area (TPSA) is 81.5 Å². The molecule has 0 aliphatic carbocycles. The third-order valence-electron chi connectivity index (χ3n) is 3.50. The number of nitriles is 1. The van der Waals surface area contributed by atoms with E-state index in [-0.39, 0.29) is 17.6 Å². The molecular formula is C12H21N3O3S. The maximum atomic E-state index is 12.1. The molecule has 0 bridgehead atoms. The molecule has 0 N–H and O–H groups in total. The number of amides is 1. The first kappa shape index (κ1) is 15.9. The van der Waals surface area contributed by atoms with Crippen LogP contribution >= 0.6 is 0 Å². The molecule has 1 fully saturated rings. The maximum absolute atomic E-state index is 12.1. The van der Waals surface area contributed by atoms with Crippen LogP contribution in [0.2, 0.25) is 0 Å². The van der Waals surface area contributed by atoms with Crippen molar-refractivity contribution in [3.8, 4) is 6.07 Å². The predicted octanol–water partition coefficient (Wildman–Crippen LogP) is 0.420. The lowest BCUT2D eigenvalue weighted by Gasteiger charge is -2.32. The Balaban J connectivity index is 2.50. The summed E-state index contributed by atoms with van der Waals surface area (Å²) in [5, 5.41) is 8.50. The molecule has 0 aromatic carbocycles. The lowest BCUT2D eigenvalue weighted by molar-refractivity contribution is -0.135. The number of hydrogen-bond donors (Lipinski definition) is 0. The molecule has 1 heterocycles. The number of nitrogens with zero attached hydrogens (tertiary/aromatic N) is 3. The normalized spacial score (nSPS) is 17.9. The summed E-state index contributed by atoms with van der Waals surface area (Å²) in [7, 11) is -1.45. The highest BCUT2D eigenvalue weighted by Crippen LogP contribution is 2.21. The minimum absolute atomic E-state index is 0.0174. The fraction of sp³-hybridized carbons (Fsp3) is 0.833. The molecule has 1 saturated heterocycles. The van der Waals surface area contributed by atoms with Gasteiger partial charge in [0, 0.05) is 32.6 Å². The third-order valence-corrected chi connectivity index (χ3v) is 5.38. The molecule has 1 rings (SSSR count). The summed E-state index contributed by atoms with van der Waals surface area (Å²) in [6.07, 6.45) is 1.45. The molecular weight excluding hydrogens is 266 g/mol. The van der Waals surface area contributed by atoms with Crippen molar-refractivity contribution in [2.75, 3.05) is 32.4 Å². The van der Waals surface area contributed by atoms with Crippen molar-refractivity contribution < 1.29 is 13.2 Å². The molecule has 108 valence electrons. The fourth-order valence-electron chi connectivity index (χ4n) is 2.20. The van der Waals surface area contributed by atoms with Gasteiger partial charge >= 0.3 is 0 Å². The van der Waals surface area contributed by atoms with Crippen molar-refractivity contribution in [3.05, 3.63) is 0 Å². The summed E-state index contributed by atoms with van der Waals surface area (Å²) >= 11 is 0. The van der Waals surface area contributed by atoms with Gasteiger partial charge in [0.1, 0.15) is 0 Å². The van der Waals surface area contributed by atoms with Gasteiger partial charge in [0.25, 0.3) is 0 Å². The second-order valence-corrected chi connectivity index (χ2v) is 7.00. The molecule has 6 nitrogen and oxygen atoms in total. The summed E-state index contributed by atoms with van der Waals surface area (Å²) in [6, 6.07) is 2.01. The minimum Gasteiger partial charge on any atom is -0.344 e. The Labute approximate surface area is 115 Å². The summed E-state index contributed by atoms with van der Waals surface area (Å²) < 4.78 is 24.9. The zero-order valence-electron chi connectivity index (χ0n) is 11.5. The van der Waals surface area contributed by atoms with Gasteiger partial charge in [-0.3, -0.25) is 4.79 Å². The van der Waals surface area contributed by atoms with Gasteiger partial charge in [-0.2, -0.15) is 5.26 Å². The fourth-order valence-corrected chi connectivity index (χ4v) is 3.34. The van der Waals surface area contributed by atoms with Gasteiger partial charge < -0.3 is 4.90 Å². The molecule has 1 aliphatic rings. The predicted molar refractivity (Wildman–Crippen MR) is 71.6 cm³/mol. The van der Waals surface area contributed by atoms with E-state index in [2.05, 4.69) is 0 Å². The molecule has 1 amide bonds. The summed E-state index contributed by atoms with van der Waals surface area (Å²) in [4.78, 5) is 13.6. The van der Waals surface area contributed by atoms with E-state index < -0.39 is 10.0 Å². The number of piperidine rings is 1. The van der Waals surface area contributed by atoms with Crippen LogP contribution in [0.15, 0.2) is 0 Å². The number of carbonyl (C=O) groups excluding carboxylic acids is 1. The van der Waals surface area contributed by atoms with Crippen molar-refractivity contribution >= 4 is 15.9 Å². The second kappa shape index (κ2) is 6.87. The van der Waals surface area contributed by atoms with Crippen LogP contribution in [0.3, 0.4) is 0 Å². The standard InChI is InChI=1S/C12H21N3O3S/c1-3-19(17,18)15-9-5-11(6-10-15)12(16)14(2)8-4-7-13/h11H,3-6,8-10H2,1-2H3. The van der Waals surface area contributed by atoms with E-state index in [9.17, 15) is 13.2 Å². The summed E-state index contributed by atoms with van der Waals surface area (Å²) in [6.45, 7) is 2.89. The van der Waals surface area contributed by atoms with Gasteiger partial charge in [0.2, 0.25) is 15.9 Å². The Bertz CT molecular complexity index is 447. The first-order chi connectivity index (χ1) is 8.92.